The zero-order valence-corrected chi connectivity index (χ0v) is 9.79. The Labute approximate surface area is 91.9 Å². The summed E-state index contributed by atoms with van der Waals surface area (Å²) >= 11 is 0. The molecular weight excluding hydrogens is 186 g/mol. The van der Waals surface area contributed by atoms with Crippen molar-refractivity contribution in [3.05, 3.63) is 11.9 Å². The molecule has 0 aromatic carbocycles. The Balaban J connectivity index is 1.99. The zero-order valence-electron chi connectivity index (χ0n) is 9.79. The molecule has 0 spiro atoms. The van der Waals surface area contributed by atoms with Crippen LogP contribution in [0.5, 0.6) is 0 Å². The predicted molar refractivity (Wildman–Crippen MR) is 63.1 cm³/mol. The van der Waals surface area contributed by atoms with Crippen molar-refractivity contribution in [1.29, 1.82) is 0 Å². The first kappa shape index (κ1) is 10.5. The summed E-state index contributed by atoms with van der Waals surface area (Å²) in [5, 5.41) is 3.53. The molecule has 0 unspecified atom stereocenters. The fourth-order valence-electron chi connectivity index (χ4n) is 1.90. The van der Waals surface area contributed by atoms with Gasteiger partial charge in [-0.2, -0.15) is 0 Å². The Kier molecular flexibility index (Phi) is 3.29. The van der Waals surface area contributed by atoms with Gasteiger partial charge in [-0.25, -0.2) is 4.98 Å². The number of imidazole rings is 1. The fourth-order valence-corrected chi connectivity index (χ4v) is 1.90. The van der Waals surface area contributed by atoms with E-state index >= 15 is 0 Å². The lowest BCUT2D eigenvalue weighted by Crippen LogP contribution is -2.28. The van der Waals surface area contributed by atoms with Crippen LogP contribution in [-0.2, 0) is 6.54 Å². The zero-order chi connectivity index (χ0) is 10.7. The Bertz CT molecular complexity index is 313. The molecule has 0 amide bonds. The van der Waals surface area contributed by atoms with Gasteiger partial charge in [-0.05, 0) is 32.6 Å². The Hall–Kier alpha value is -0.990. The van der Waals surface area contributed by atoms with Crippen molar-refractivity contribution >= 4 is 5.95 Å². The molecule has 1 fully saturated rings. The SMILES string of the molecule is CCCCn1cc(C)nc1NC1CCC1. The highest BCUT2D eigenvalue weighted by Gasteiger charge is 2.19. The topological polar surface area (TPSA) is 29.9 Å². The second kappa shape index (κ2) is 4.69. The maximum absolute atomic E-state index is 4.54. The number of aromatic nitrogens is 2. The lowest BCUT2D eigenvalue weighted by atomic mass is 9.93. The van der Waals surface area contributed by atoms with Gasteiger partial charge in [0.2, 0.25) is 5.95 Å². The van der Waals surface area contributed by atoms with Crippen LogP contribution in [0.4, 0.5) is 5.95 Å². The van der Waals surface area contributed by atoms with E-state index < -0.39 is 0 Å². The maximum atomic E-state index is 4.54. The number of nitrogens with one attached hydrogen (secondary N) is 1. The summed E-state index contributed by atoms with van der Waals surface area (Å²) in [6.07, 6.45) is 8.59. The van der Waals surface area contributed by atoms with Gasteiger partial charge in [-0.3, -0.25) is 0 Å². The highest BCUT2D eigenvalue weighted by atomic mass is 15.2. The second-order valence-electron chi connectivity index (χ2n) is 4.53. The molecule has 2 rings (SSSR count). The molecule has 1 heterocycles. The summed E-state index contributed by atoms with van der Waals surface area (Å²) in [5.74, 6) is 1.07. The molecule has 1 aromatic heterocycles. The monoisotopic (exact) mass is 207 g/mol. The molecule has 0 radical (unpaired) electrons. The summed E-state index contributed by atoms with van der Waals surface area (Å²) < 4.78 is 2.26. The summed E-state index contributed by atoms with van der Waals surface area (Å²) in [5.41, 5.74) is 1.12. The van der Waals surface area contributed by atoms with Gasteiger partial charge in [0, 0.05) is 18.8 Å². The minimum absolute atomic E-state index is 0.673. The molecule has 1 aromatic rings. The normalized spacial score (nSPS) is 16.4. The largest absolute Gasteiger partial charge is 0.353 e. The van der Waals surface area contributed by atoms with E-state index in [1.165, 1.54) is 32.1 Å². The molecule has 84 valence electrons. The van der Waals surface area contributed by atoms with E-state index in [1.54, 1.807) is 0 Å². The molecule has 0 aliphatic heterocycles. The van der Waals surface area contributed by atoms with Gasteiger partial charge in [0.15, 0.2) is 0 Å². The highest BCUT2D eigenvalue weighted by Crippen LogP contribution is 2.23. The third kappa shape index (κ3) is 2.52. The molecule has 3 nitrogen and oxygen atoms in total. The molecule has 3 heteroatoms. The van der Waals surface area contributed by atoms with Gasteiger partial charge in [-0.15, -0.1) is 0 Å². The van der Waals surface area contributed by atoms with Crippen LogP contribution < -0.4 is 5.32 Å². The van der Waals surface area contributed by atoms with Crippen molar-refractivity contribution in [2.24, 2.45) is 0 Å². The van der Waals surface area contributed by atoms with E-state index in [9.17, 15) is 0 Å². The Morgan fingerprint density at radius 1 is 1.53 bits per heavy atom. The molecule has 0 atom stereocenters. The second-order valence-corrected chi connectivity index (χ2v) is 4.53. The molecule has 15 heavy (non-hydrogen) atoms. The third-order valence-corrected chi connectivity index (χ3v) is 3.09. The predicted octanol–water partition coefficient (Wildman–Crippen LogP) is 2.96. The first-order chi connectivity index (χ1) is 7.29. The van der Waals surface area contributed by atoms with E-state index in [0.717, 1.165) is 18.2 Å². The molecule has 1 N–H and O–H groups in total. The summed E-state index contributed by atoms with van der Waals surface area (Å²) in [7, 11) is 0. The summed E-state index contributed by atoms with van der Waals surface area (Å²) in [4.78, 5) is 4.54. The number of hydrogen-bond donors (Lipinski definition) is 1. The summed E-state index contributed by atoms with van der Waals surface area (Å²) in [6, 6.07) is 0.673. The fraction of sp³-hybridized carbons (Fsp3) is 0.750. The van der Waals surface area contributed by atoms with E-state index in [-0.39, 0.29) is 0 Å². The highest BCUT2D eigenvalue weighted by molar-refractivity contribution is 5.30. The standard InChI is InChI=1S/C12H21N3/c1-3-4-8-15-9-10(2)13-12(15)14-11-6-5-7-11/h9,11H,3-8H2,1-2H3,(H,13,14). The van der Waals surface area contributed by atoms with E-state index in [2.05, 4.69) is 34.9 Å². The van der Waals surface area contributed by atoms with Crippen molar-refractivity contribution in [3.8, 4) is 0 Å². The number of nitrogens with zero attached hydrogens (tertiary/aromatic N) is 2. The quantitative estimate of drug-likeness (QED) is 0.804. The van der Waals surface area contributed by atoms with E-state index in [4.69, 9.17) is 0 Å². The van der Waals surface area contributed by atoms with Crippen LogP contribution in [-0.4, -0.2) is 15.6 Å². The molecule has 1 aliphatic rings. The molecule has 0 saturated heterocycles. The maximum Gasteiger partial charge on any atom is 0.203 e. The van der Waals surface area contributed by atoms with E-state index in [1.807, 2.05) is 0 Å². The lowest BCUT2D eigenvalue weighted by molar-refractivity contribution is 0.440. The summed E-state index contributed by atoms with van der Waals surface area (Å²) in [6.45, 7) is 5.38. The first-order valence-corrected chi connectivity index (χ1v) is 6.10. The van der Waals surface area contributed by atoms with Gasteiger partial charge in [0.25, 0.3) is 0 Å². The smallest absolute Gasteiger partial charge is 0.203 e. The third-order valence-electron chi connectivity index (χ3n) is 3.09. The van der Waals surface area contributed by atoms with Crippen LogP contribution in [0.3, 0.4) is 0 Å². The van der Waals surface area contributed by atoms with Crippen LogP contribution >= 0.6 is 0 Å². The van der Waals surface area contributed by atoms with Crippen LogP contribution in [0.15, 0.2) is 6.20 Å². The first-order valence-electron chi connectivity index (χ1n) is 6.10. The van der Waals surface area contributed by atoms with Gasteiger partial charge in [-0.1, -0.05) is 13.3 Å². The number of hydrogen-bond acceptors (Lipinski definition) is 2. The number of anilines is 1. The van der Waals surface area contributed by atoms with Crippen molar-refractivity contribution < 1.29 is 0 Å². The van der Waals surface area contributed by atoms with Gasteiger partial charge in [0.05, 0.1) is 5.69 Å². The molecule has 1 aliphatic carbocycles. The number of aryl methyl sites for hydroxylation is 2. The van der Waals surface area contributed by atoms with Crippen molar-refractivity contribution in [2.75, 3.05) is 5.32 Å². The van der Waals surface area contributed by atoms with Gasteiger partial charge >= 0.3 is 0 Å². The van der Waals surface area contributed by atoms with Crippen LogP contribution in [0.2, 0.25) is 0 Å². The minimum atomic E-state index is 0.673. The molecular formula is C12H21N3. The minimum Gasteiger partial charge on any atom is -0.353 e. The van der Waals surface area contributed by atoms with Crippen LogP contribution in [0.1, 0.15) is 44.7 Å². The molecule has 0 bridgehead atoms. The number of unbranched alkanes of at least 4 members (excludes halogenated alkanes) is 1. The number of rotatable bonds is 5. The van der Waals surface area contributed by atoms with E-state index in [0.29, 0.717) is 6.04 Å². The Morgan fingerprint density at radius 2 is 2.33 bits per heavy atom. The van der Waals surface area contributed by atoms with Gasteiger partial charge in [0.1, 0.15) is 0 Å². The van der Waals surface area contributed by atoms with Crippen molar-refractivity contribution in [2.45, 2.75) is 58.5 Å². The van der Waals surface area contributed by atoms with Crippen LogP contribution in [0, 0.1) is 6.92 Å². The average Bonchev–Trinajstić information content (AvgIpc) is 2.49. The Morgan fingerprint density at radius 3 is 2.93 bits per heavy atom. The van der Waals surface area contributed by atoms with Crippen molar-refractivity contribution in [1.82, 2.24) is 9.55 Å². The van der Waals surface area contributed by atoms with Crippen LogP contribution in [0.25, 0.3) is 0 Å². The molecule has 1 saturated carbocycles. The van der Waals surface area contributed by atoms with Gasteiger partial charge < -0.3 is 9.88 Å². The lowest BCUT2D eigenvalue weighted by Gasteiger charge is -2.27. The average molecular weight is 207 g/mol. The van der Waals surface area contributed by atoms with Crippen molar-refractivity contribution in [3.63, 3.8) is 0 Å².